The Labute approximate surface area is 161 Å². The van der Waals surface area contributed by atoms with Crippen LogP contribution in [0.3, 0.4) is 0 Å². The summed E-state index contributed by atoms with van der Waals surface area (Å²) < 4.78 is 5.52. The summed E-state index contributed by atoms with van der Waals surface area (Å²) in [6, 6.07) is 14.2. The first-order chi connectivity index (χ1) is 13.1. The van der Waals surface area contributed by atoms with Gasteiger partial charge in [0.2, 0.25) is 0 Å². The molecule has 2 amide bonds. The van der Waals surface area contributed by atoms with Gasteiger partial charge in [-0.05, 0) is 50.1 Å². The molecular formula is C22H28N2O3. The molecule has 0 aliphatic carbocycles. The summed E-state index contributed by atoms with van der Waals surface area (Å²) >= 11 is 0. The fourth-order valence-electron chi connectivity index (χ4n) is 2.90. The number of hydrogen-bond donors (Lipinski definition) is 1. The number of hydrogen-bond acceptors (Lipinski definition) is 3. The Morgan fingerprint density at radius 2 is 1.67 bits per heavy atom. The molecule has 144 valence electrons. The monoisotopic (exact) mass is 368 g/mol. The van der Waals surface area contributed by atoms with Gasteiger partial charge in [-0.2, -0.15) is 0 Å². The third-order valence-corrected chi connectivity index (χ3v) is 4.07. The van der Waals surface area contributed by atoms with Crippen molar-refractivity contribution < 1.29 is 14.3 Å². The lowest BCUT2D eigenvalue weighted by atomic mass is 10.1. The normalized spacial score (nSPS) is 10.3. The smallest absolute Gasteiger partial charge is 0.259 e. The fraction of sp³-hybridized carbons (Fsp3) is 0.364. The van der Waals surface area contributed by atoms with Crippen LogP contribution < -0.4 is 10.1 Å². The molecule has 0 aliphatic rings. The van der Waals surface area contributed by atoms with Crippen LogP contribution in [0.5, 0.6) is 5.75 Å². The SMILES string of the molecule is CCCN(CCC)C(=O)c1cccc(NC(=O)c2ccccc2OCC)c1. The standard InChI is InChI=1S/C22H28N2O3/c1-4-14-24(15-5-2)22(26)17-10-9-11-18(16-17)23-21(25)19-12-7-8-13-20(19)27-6-3/h7-13,16H,4-6,14-15H2,1-3H3,(H,23,25). The summed E-state index contributed by atoms with van der Waals surface area (Å²) in [4.78, 5) is 27.3. The highest BCUT2D eigenvalue weighted by molar-refractivity contribution is 6.06. The molecule has 0 radical (unpaired) electrons. The van der Waals surface area contributed by atoms with Crippen molar-refractivity contribution in [3.8, 4) is 5.75 Å². The highest BCUT2D eigenvalue weighted by atomic mass is 16.5. The molecule has 0 aliphatic heterocycles. The predicted molar refractivity (Wildman–Crippen MR) is 108 cm³/mol. The molecule has 0 aromatic heterocycles. The van der Waals surface area contributed by atoms with E-state index in [0.29, 0.717) is 29.2 Å². The number of rotatable bonds is 9. The summed E-state index contributed by atoms with van der Waals surface area (Å²) in [7, 11) is 0. The van der Waals surface area contributed by atoms with E-state index in [2.05, 4.69) is 19.2 Å². The number of carbonyl (C=O) groups is 2. The third kappa shape index (κ3) is 5.58. The van der Waals surface area contributed by atoms with Crippen molar-refractivity contribution in [1.82, 2.24) is 4.90 Å². The molecule has 2 aromatic rings. The average molecular weight is 368 g/mol. The van der Waals surface area contributed by atoms with Crippen molar-refractivity contribution in [2.75, 3.05) is 25.0 Å². The first kappa shape index (κ1) is 20.5. The zero-order chi connectivity index (χ0) is 19.6. The van der Waals surface area contributed by atoms with Crippen molar-refractivity contribution in [3.63, 3.8) is 0 Å². The zero-order valence-corrected chi connectivity index (χ0v) is 16.3. The van der Waals surface area contributed by atoms with Gasteiger partial charge in [-0.25, -0.2) is 0 Å². The van der Waals surface area contributed by atoms with E-state index in [1.54, 1.807) is 42.5 Å². The number of anilines is 1. The lowest BCUT2D eigenvalue weighted by Crippen LogP contribution is -2.32. The lowest BCUT2D eigenvalue weighted by Gasteiger charge is -2.21. The van der Waals surface area contributed by atoms with Gasteiger partial charge in [-0.15, -0.1) is 0 Å². The van der Waals surface area contributed by atoms with E-state index >= 15 is 0 Å². The molecule has 0 saturated heterocycles. The maximum Gasteiger partial charge on any atom is 0.259 e. The Morgan fingerprint density at radius 1 is 0.963 bits per heavy atom. The van der Waals surface area contributed by atoms with Crippen LogP contribution in [0.25, 0.3) is 0 Å². The number of para-hydroxylation sites is 1. The first-order valence-electron chi connectivity index (χ1n) is 9.53. The number of benzene rings is 2. The van der Waals surface area contributed by atoms with Crippen molar-refractivity contribution >= 4 is 17.5 Å². The average Bonchev–Trinajstić information content (AvgIpc) is 2.68. The van der Waals surface area contributed by atoms with Gasteiger partial charge in [0.05, 0.1) is 12.2 Å². The number of nitrogens with zero attached hydrogens (tertiary/aromatic N) is 1. The molecule has 1 N–H and O–H groups in total. The van der Waals surface area contributed by atoms with Gasteiger partial charge in [-0.1, -0.05) is 32.0 Å². The van der Waals surface area contributed by atoms with Gasteiger partial charge < -0.3 is 15.0 Å². The van der Waals surface area contributed by atoms with Crippen molar-refractivity contribution in [2.24, 2.45) is 0 Å². The zero-order valence-electron chi connectivity index (χ0n) is 16.3. The van der Waals surface area contributed by atoms with Crippen LogP contribution in [0.1, 0.15) is 54.3 Å². The Bertz CT molecular complexity index is 768. The highest BCUT2D eigenvalue weighted by Gasteiger charge is 2.16. The third-order valence-electron chi connectivity index (χ3n) is 4.07. The second-order valence-electron chi connectivity index (χ2n) is 6.26. The Balaban J connectivity index is 2.18. The number of nitrogens with one attached hydrogen (secondary N) is 1. The maximum atomic E-state index is 12.8. The summed E-state index contributed by atoms with van der Waals surface area (Å²) in [5, 5.41) is 2.87. The van der Waals surface area contributed by atoms with Crippen molar-refractivity contribution in [1.29, 1.82) is 0 Å². The molecule has 0 fully saturated rings. The van der Waals surface area contributed by atoms with Gasteiger partial charge in [0.25, 0.3) is 11.8 Å². The summed E-state index contributed by atoms with van der Waals surface area (Å²) in [6.07, 6.45) is 1.83. The van der Waals surface area contributed by atoms with Crippen molar-refractivity contribution in [3.05, 3.63) is 59.7 Å². The van der Waals surface area contributed by atoms with Crippen LogP contribution in [0.15, 0.2) is 48.5 Å². The first-order valence-corrected chi connectivity index (χ1v) is 9.53. The molecule has 0 atom stereocenters. The van der Waals surface area contributed by atoms with Gasteiger partial charge in [0.1, 0.15) is 5.75 Å². The Morgan fingerprint density at radius 3 is 2.33 bits per heavy atom. The Kier molecular flexibility index (Phi) is 7.86. The molecule has 0 saturated carbocycles. The van der Waals surface area contributed by atoms with Gasteiger partial charge in [0.15, 0.2) is 0 Å². The van der Waals surface area contributed by atoms with Crippen LogP contribution in [0.2, 0.25) is 0 Å². The summed E-state index contributed by atoms with van der Waals surface area (Å²) in [6.45, 7) is 7.93. The molecular weight excluding hydrogens is 340 g/mol. The quantitative estimate of drug-likeness (QED) is 0.704. The molecule has 2 rings (SSSR count). The van der Waals surface area contributed by atoms with E-state index in [-0.39, 0.29) is 11.8 Å². The number of ether oxygens (including phenoxy) is 1. The van der Waals surface area contributed by atoms with Gasteiger partial charge in [-0.3, -0.25) is 9.59 Å². The topological polar surface area (TPSA) is 58.6 Å². The van der Waals surface area contributed by atoms with Crippen molar-refractivity contribution in [2.45, 2.75) is 33.6 Å². The summed E-state index contributed by atoms with van der Waals surface area (Å²) in [5.74, 6) is 0.272. The van der Waals surface area contributed by atoms with Gasteiger partial charge >= 0.3 is 0 Å². The maximum absolute atomic E-state index is 12.8. The van der Waals surface area contributed by atoms with E-state index in [9.17, 15) is 9.59 Å². The van der Waals surface area contributed by atoms with E-state index in [1.165, 1.54) is 0 Å². The number of carbonyl (C=O) groups excluding carboxylic acids is 2. The molecule has 0 spiro atoms. The van der Waals surface area contributed by atoms with E-state index < -0.39 is 0 Å². The molecule has 0 heterocycles. The molecule has 5 heteroatoms. The highest BCUT2D eigenvalue weighted by Crippen LogP contribution is 2.20. The molecule has 5 nitrogen and oxygen atoms in total. The van der Waals surface area contributed by atoms with Gasteiger partial charge in [0, 0.05) is 24.3 Å². The second kappa shape index (κ2) is 10.4. The summed E-state index contributed by atoms with van der Waals surface area (Å²) in [5.41, 5.74) is 1.63. The molecule has 0 unspecified atom stereocenters. The Hall–Kier alpha value is -2.82. The van der Waals surface area contributed by atoms with Crippen LogP contribution in [-0.2, 0) is 0 Å². The molecule has 27 heavy (non-hydrogen) atoms. The molecule has 0 bridgehead atoms. The minimum Gasteiger partial charge on any atom is -0.493 e. The fourth-order valence-corrected chi connectivity index (χ4v) is 2.90. The largest absolute Gasteiger partial charge is 0.493 e. The predicted octanol–water partition coefficient (Wildman–Crippen LogP) is 4.60. The van der Waals surface area contributed by atoms with Crippen LogP contribution in [-0.4, -0.2) is 36.4 Å². The second-order valence-corrected chi connectivity index (χ2v) is 6.26. The number of amides is 2. The van der Waals surface area contributed by atoms with Crippen LogP contribution >= 0.6 is 0 Å². The van der Waals surface area contributed by atoms with E-state index in [1.807, 2.05) is 17.9 Å². The molecule has 2 aromatic carbocycles. The minimum atomic E-state index is -0.261. The van der Waals surface area contributed by atoms with Crippen LogP contribution in [0.4, 0.5) is 5.69 Å². The van der Waals surface area contributed by atoms with E-state index in [0.717, 1.165) is 25.9 Å². The minimum absolute atomic E-state index is 0.00971. The van der Waals surface area contributed by atoms with E-state index in [4.69, 9.17) is 4.74 Å². The van der Waals surface area contributed by atoms with Crippen LogP contribution in [0, 0.1) is 0 Å². The lowest BCUT2D eigenvalue weighted by molar-refractivity contribution is 0.0755.